The van der Waals surface area contributed by atoms with Gasteiger partial charge >= 0.3 is 0 Å². The van der Waals surface area contributed by atoms with E-state index in [0.29, 0.717) is 5.88 Å². The first-order valence-electron chi connectivity index (χ1n) is 8.09. The molecule has 0 bridgehead atoms. The predicted molar refractivity (Wildman–Crippen MR) is 93.9 cm³/mol. The van der Waals surface area contributed by atoms with Gasteiger partial charge in [0.15, 0.2) is 0 Å². The maximum atomic E-state index is 5.43. The van der Waals surface area contributed by atoms with E-state index in [9.17, 15) is 0 Å². The molecule has 0 unspecified atom stereocenters. The van der Waals surface area contributed by atoms with Gasteiger partial charge in [0.1, 0.15) is 5.52 Å². The van der Waals surface area contributed by atoms with E-state index in [4.69, 9.17) is 4.74 Å². The summed E-state index contributed by atoms with van der Waals surface area (Å²) in [6.45, 7) is 1.06. The largest absolute Gasteiger partial charge is 0.479 e. The standard InChI is InChI=1S/C19H21N3O/c1-22-12-16(15-9-10-20-19(23-2)18(15)22)14-5-3-4-6-17(14)21-11-13-7-8-13/h3-6,9-10,12-13,21H,7-8,11H2,1-2H3. The van der Waals surface area contributed by atoms with Crippen molar-refractivity contribution in [1.29, 1.82) is 0 Å². The van der Waals surface area contributed by atoms with E-state index < -0.39 is 0 Å². The number of para-hydroxylation sites is 1. The molecule has 4 nitrogen and oxygen atoms in total. The highest BCUT2D eigenvalue weighted by Gasteiger charge is 2.21. The highest BCUT2D eigenvalue weighted by atomic mass is 16.5. The van der Waals surface area contributed by atoms with Gasteiger partial charge in [-0.15, -0.1) is 0 Å². The van der Waals surface area contributed by atoms with E-state index >= 15 is 0 Å². The van der Waals surface area contributed by atoms with Crippen LogP contribution in [0.25, 0.3) is 22.0 Å². The van der Waals surface area contributed by atoms with Crippen LogP contribution in [0.1, 0.15) is 12.8 Å². The van der Waals surface area contributed by atoms with Gasteiger partial charge in [0.2, 0.25) is 5.88 Å². The lowest BCUT2D eigenvalue weighted by atomic mass is 10.0. The molecule has 1 aliphatic carbocycles. The number of methoxy groups -OCH3 is 1. The molecule has 0 atom stereocenters. The smallest absolute Gasteiger partial charge is 0.238 e. The van der Waals surface area contributed by atoms with Gasteiger partial charge in [0.05, 0.1) is 7.11 Å². The number of nitrogens with one attached hydrogen (secondary N) is 1. The molecule has 4 rings (SSSR count). The minimum absolute atomic E-state index is 0.666. The zero-order valence-corrected chi connectivity index (χ0v) is 13.5. The lowest BCUT2D eigenvalue weighted by Gasteiger charge is -2.11. The summed E-state index contributed by atoms with van der Waals surface area (Å²) in [6.07, 6.45) is 6.68. The van der Waals surface area contributed by atoms with E-state index in [1.54, 1.807) is 7.11 Å². The first-order valence-corrected chi connectivity index (χ1v) is 8.09. The molecular weight excluding hydrogens is 286 g/mol. The number of anilines is 1. The number of rotatable bonds is 5. The molecule has 1 aromatic carbocycles. The Bertz CT molecular complexity index is 849. The maximum Gasteiger partial charge on any atom is 0.238 e. The Hall–Kier alpha value is -2.49. The lowest BCUT2D eigenvalue weighted by molar-refractivity contribution is 0.401. The summed E-state index contributed by atoms with van der Waals surface area (Å²) >= 11 is 0. The molecule has 1 fully saturated rings. The van der Waals surface area contributed by atoms with Gasteiger partial charge in [0, 0.05) is 48.2 Å². The second kappa shape index (κ2) is 5.61. The second-order valence-electron chi connectivity index (χ2n) is 6.24. The van der Waals surface area contributed by atoms with Gasteiger partial charge in [-0.1, -0.05) is 18.2 Å². The lowest BCUT2D eigenvalue weighted by Crippen LogP contribution is -2.04. The molecule has 4 heteroatoms. The molecule has 0 amide bonds. The van der Waals surface area contributed by atoms with Crippen molar-refractivity contribution in [2.45, 2.75) is 12.8 Å². The minimum Gasteiger partial charge on any atom is -0.479 e. The average Bonchev–Trinajstić information content (AvgIpc) is 3.36. The second-order valence-corrected chi connectivity index (χ2v) is 6.24. The number of hydrogen-bond acceptors (Lipinski definition) is 3. The third-order valence-corrected chi connectivity index (χ3v) is 4.55. The molecule has 3 aromatic rings. The van der Waals surface area contributed by atoms with Crippen LogP contribution in [0.3, 0.4) is 0 Å². The number of fused-ring (bicyclic) bond motifs is 1. The number of aryl methyl sites for hydroxylation is 1. The Morgan fingerprint density at radius 1 is 1.22 bits per heavy atom. The van der Waals surface area contributed by atoms with E-state index in [-0.39, 0.29) is 0 Å². The van der Waals surface area contributed by atoms with Crippen molar-refractivity contribution in [3.8, 4) is 17.0 Å². The number of nitrogens with zero attached hydrogens (tertiary/aromatic N) is 2. The van der Waals surface area contributed by atoms with Crippen LogP contribution in [0.4, 0.5) is 5.69 Å². The van der Waals surface area contributed by atoms with Gasteiger partial charge in [-0.05, 0) is 30.9 Å². The Balaban J connectivity index is 1.83. The monoisotopic (exact) mass is 307 g/mol. The highest BCUT2D eigenvalue weighted by molar-refractivity contribution is 6.00. The molecule has 118 valence electrons. The maximum absolute atomic E-state index is 5.43. The Kier molecular flexibility index (Phi) is 3.45. The van der Waals surface area contributed by atoms with E-state index in [0.717, 1.165) is 18.0 Å². The zero-order valence-electron chi connectivity index (χ0n) is 13.5. The third-order valence-electron chi connectivity index (χ3n) is 4.55. The fraction of sp³-hybridized carbons (Fsp3) is 0.316. The molecule has 0 spiro atoms. The van der Waals surface area contributed by atoms with Crippen molar-refractivity contribution in [3.63, 3.8) is 0 Å². The molecule has 2 heterocycles. The van der Waals surface area contributed by atoms with Gasteiger partial charge in [-0.3, -0.25) is 0 Å². The molecule has 1 N–H and O–H groups in total. The van der Waals surface area contributed by atoms with Crippen molar-refractivity contribution < 1.29 is 4.74 Å². The predicted octanol–water partition coefficient (Wildman–Crippen LogP) is 4.07. The van der Waals surface area contributed by atoms with Crippen molar-refractivity contribution in [1.82, 2.24) is 9.55 Å². The Morgan fingerprint density at radius 2 is 2.04 bits per heavy atom. The SMILES string of the molecule is COc1nccc2c(-c3ccccc3NCC3CC3)cn(C)c12. The molecule has 0 aliphatic heterocycles. The summed E-state index contributed by atoms with van der Waals surface area (Å²) in [5.41, 5.74) is 4.67. The number of aromatic nitrogens is 2. The van der Waals surface area contributed by atoms with Crippen LogP contribution in [-0.4, -0.2) is 23.2 Å². The van der Waals surface area contributed by atoms with Crippen LogP contribution in [0.2, 0.25) is 0 Å². The first-order chi connectivity index (χ1) is 11.3. The molecule has 1 saturated carbocycles. The topological polar surface area (TPSA) is 39.1 Å². The van der Waals surface area contributed by atoms with Gasteiger partial charge < -0.3 is 14.6 Å². The molecule has 2 aromatic heterocycles. The van der Waals surface area contributed by atoms with Gasteiger partial charge in [-0.25, -0.2) is 4.98 Å². The van der Waals surface area contributed by atoms with Crippen LogP contribution in [0, 0.1) is 5.92 Å². The fourth-order valence-electron chi connectivity index (χ4n) is 3.13. The van der Waals surface area contributed by atoms with Crippen molar-refractivity contribution in [3.05, 3.63) is 42.7 Å². The Morgan fingerprint density at radius 3 is 2.83 bits per heavy atom. The van der Waals surface area contributed by atoms with Crippen LogP contribution in [0.5, 0.6) is 5.88 Å². The summed E-state index contributed by atoms with van der Waals surface area (Å²) in [6, 6.07) is 10.6. The third kappa shape index (κ3) is 2.54. The average molecular weight is 307 g/mol. The quantitative estimate of drug-likeness (QED) is 0.772. The van der Waals surface area contributed by atoms with E-state index in [1.807, 2.05) is 13.2 Å². The van der Waals surface area contributed by atoms with Crippen LogP contribution in [-0.2, 0) is 7.05 Å². The first kappa shape index (κ1) is 14.1. The summed E-state index contributed by atoms with van der Waals surface area (Å²) < 4.78 is 7.52. The van der Waals surface area contributed by atoms with E-state index in [2.05, 4.69) is 51.4 Å². The summed E-state index contributed by atoms with van der Waals surface area (Å²) in [5.74, 6) is 1.51. The van der Waals surface area contributed by atoms with Crippen LogP contribution < -0.4 is 10.1 Å². The number of benzene rings is 1. The van der Waals surface area contributed by atoms with Crippen molar-refractivity contribution >= 4 is 16.6 Å². The molecular formula is C19H21N3O. The van der Waals surface area contributed by atoms with Crippen LogP contribution in [0.15, 0.2) is 42.7 Å². The molecule has 0 saturated heterocycles. The summed E-state index contributed by atoms with van der Waals surface area (Å²) in [5, 5.41) is 4.79. The zero-order chi connectivity index (χ0) is 15.8. The summed E-state index contributed by atoms with van der Waals surface area (Å²) in [4.78, 5) is 4.32. The Labute approximate surface area is 136 Å². The van der Waals surface area contributed by atoms with Crippen molar-refractivity contribution in [2.75, 3.05) is 19.0 Å². The van der Waals surface area contributed by atoms with E-state index in [1.165, 1.54) is 35.0 Å². The van der Waals surface area contributed by atoms with Gasteiger partial charge in [0.25, 0.3) is 0 Å². The molecule has 23 heavy (non-hydrogen) atoms. The van der Waals surface area contributed by atoms with Crippen molar-refractivity contribution in [2.24, 2.45) is 13.0 Å². The van der Waals surface area contributed by atoms with Crippen LogP contribution >= 0.6 is 0 Å². The van der Waals surface area contributed by atoms with Gasteiger partial charge in [-0.2, -0.15) is 0 Å². The molecule has 1 aliphatic rings. The highest BCUT2D eigenvalue weighted by Crippen LogP contribution is 2.38. The normalized spacial score (nSPS) is 14.2. The number of pyridine rings is 1. The minimum atomic E-state index is 0.666. The number of hydrogen-bond donors (Lipinski definition) is 1. The number of ether oxygens (including phenoxy) is 1. The molecule has 0 radical (unpaired) electrons. The fourth-order valence-corrected chi connectivity index (χ4v) is 3.13. The summed E-state index contributed by atoms with van der Waals surface area (Å²) in [7, 11) is 3.70.